The van der Waals surface area contributed by atoms with E-state index < -0.39 is 5.41 Å². The molecule has 12 aromatic rings. The van der Waals surface area contributed by atoms with E-state index in [0.29, 0.717) is 0 Å². The lowest BCUT2D eigenvalue weighted by atomic mass is 9.70. The van der Waals surface area contributed by atoms with Crippen molar-refractivity contribution >= 4 is 55.7 Å². The second-order valence-electron chi connectivity index (χ2n) is 18.8. The Morgan fingerprint density at radius 3 is 1.32 bits per heavy atom. The first-order valence-corrected chi connectivity index (χ1v) is 24.6. The maximum Gasteiger partial charge on any atom is 0.0727 e. The summed E-state index contributed by atoms with van der Waals surface area (Å²) in [6.07, 6.45) is 0. The molecule has 12 aromatic carbocycles. The van der Waals surface area contributed by atoms with Crippen molar-refractivity contribution in [2.24, 2.45) is 0 Å². The number of fused-ring (bicyclic) bond motifs is 12. The van der Waals surface area contributed by atoms with Crippen LogP contribution in [0.15, 0.2) is 279 Å². The van der Waals surface area contributed by atoms with Gasteiger partial charge in [0.2, 0.25) is 0 Å². The highest BCUT2D eigenvalue weighted by Gasteiger charge is 2.52. The molecule has 0 amide bonds. The SMILES string of the molecule is c1ccc(-c2ccc(-c3c(N(c4ccccc4)c4ccc5c(c4)C4(c6ccccc6-c6ccc(N(c7ccccc7)c7ccc8ccccc8c7)cc64)c4ccccc4-5)ccc4ccccc34)cc2)cc1. The first-order valence-electron chi connectivity index (χ1n) is 24.6. The minimum atomic E-state index is -0.600. The van der Waals surface area contributed by atoms with Crippen molar-refractivity contribution in [1.29, 1.82) is 0 Å². The van der Waals surface area contributed by atoms with Crippen molar-refractivity contribution in [3.8, 4) is 44.5 Å². The van der Waals surface area contributed by atoms with Gasteiger partial charge in [-0.15, -0.1) is 0 Å². The van der Waals surface area contributed by atoms with Gasteiger partial charge in [0.1, 0.15) is 0 Å². The van der Waals surface area contributed by atoms with Crippen molar-refractivity contribution in [3.05, 3.63) is 301 Å². The van der Waals surface area contributed by atoms with Crippen LogP contribution in [0.5, 0.6) is 0 Å². The molecule has 0 bridgehead atoms. The van der Waals surface area contributed by atoms with Crippen molar-refractivity contribution in [3.63, 3.8) is 0 Å². The van der Waals surface area contributed by atoms with E-state index in [2.05, 4.69) is 289 Å². The third kappa shape index (κ3) is 6.42. The Kier molecular flexibility index (Phi) is 9.47. The fraction of sp³-hybridized carbons (Fsp3) is 0.0145. The Bertz CT molecular complexity index is 3980. The molecule has 0 aliphatic heterocycles. The van der Waals surface area contributed by atoms with E-state index in [4.69, 9.17) is 0 Å². The van der Waals surface area contributed by atoms with E-state index in [-0.39, 0.29) is 0 Å². The molecule has 71 heavy (non-hydrogen) atoms. The topological polar surface area (TPSA) is 6.48 Å². The molecule has 2 nitrogen and oxygen atoms in total. The first-order chi connectivity index (χ1) is 35.2. The average molecular weight is 903 g/mol. The molecule has 0 saturated carbocycles. The first kappa shape index (κ1) is 40.8. The normalized spacial score (nSPS) is 14.0. The van der Waals surface area contributed by atoms with Crippen LogP contribution in [0.25, 0.3) is 66.1 Å². The number of benzene rings is 12. The molecular weight excluding hydrogens is 857 g/mol. The van der Waals surface area contributed by atoms with E-state index >= 15 is 0 Å². The van der Waals surface area contributed by atoms with Crippen LogP contribution in [0, 0.1) is 0 Å². The second kappa shape index (κ2) is 16.5. The summed E-state index contributed by atoms with van der Waals surface area (Å²) in [6, 6.07) is 103. The van der Waals surface area contributed by atoms with Crippen molar-refractivity contribution < 1.29 is 0 Å². The van der Waals surface area contributed by atoms with Gasteiger partial charge in [-0.05, 0) is 149 Å². The van der Waals surface area contributed by atoms with Crippen LogP contribution in [0.3, 0.4) is 0 Å². The van der Waals surface area contributed by atoms with Crippen LogP contribution in [-0.2, 0) is 5.41 Å². The predicted octanol–water partition coefficient (Wildman–Crippen LogP) is 18.6. The summed E-state index contributed by atoms with van der Waals surface area (Å²) in [5, 5.41) is 4.86. The van der Waals surface area contributed by atoms with Crippen LogP contribution < -0.4 is 9.80 Å². The third-order valence-corrected chi connectivity index (χ3v) is 15.0. The molecule has 1 spiro atoms. The van der Waals surface area contributed by atoms with Gasteiger partial charge in [-0.1, -0.05) is 212 Å². The monoisotopic (exact) mass is 902 g/mol. The van der Waals surface area contributed by atoms with Gasteiger partial charge in [0.05, 0.1) is 11.1 Å². The average Bonchev–Trinajstić information content (AvgIpc) is 3.91. The number of para-hydroxylation sites is 2. The predicted molar refractivity (Wildman–Crippen MR) is 298 cm³/mol. The zero-order chi connectivity index (χ0) is 46.9. The zero-order valence-corrected chi connectivity index (χ0v) is 39.0. The standard InChI is InChI=1S/C69H46N2/c1-4-18-47(19-5-1)49-32-34-51(35-33-49)68-58-27-13-12-21-50(58)37-43-67(68)71(54-25-8-3-9-26-54)57-40-42-62-60-29-15-17-31-64(60)69(66(62)46-57)63-30-16-14-28-59(63)61-41-39-56(45-65(61)69)70(53-23-6-2-7-24-53)55-38-36-48-20-10-11-22-52(48)44-55/h1-46H. The number of nitrogens with zero attached hydrogens (tertiary/aromatic N) is 2. The maximum absolute atomic E-state index is 2.51. The van der Waals surface area contributed by atoms with E-state index in [1.165, 1.54) is 88.3 Å². The Morgan fingerprint density at radius 1 is 0.239 bits per heavy atom. The zero-order valence-electron chi connectivity index (χ0n) is 39.0. The number of hydrogen-bond acceptors (Lipinski definition) is 2. The van der Waals surface area contributed by atoms with Gasteiger partial charge in [-0.3, -0.25) is 0 Å². The lowest BCUT2D eigenvalue weighted by Crippen LogP contribution is -2.26. The third-order valence-electron chi connectivity index (χ3n) is 15.0. The van der Waals surface area contributed by atoms with Crippen molar-refractivity contribution in [1.82, 2.24) is 0 Å². The summed E-state index contributed by atoms with van der Waals surface area (Å²) in [5.41, 5.74) is 21.1. The minimum absolute atomic E-state index is 0.600. The highest BCUT2D eigenvalue weighted by atomic mass is 15.1. The number of rotatable bonds is 8. The Balaban J connectivity index is 1.01. The Labute approximate surface area is 414 Å². The Morgan fingerprint density at radius 2 is 0.676 bits per heavy atom. The fourth-order valence-electron chi connectivity index (χ4n) is 11.9. The molecule has 0 fully saturated rings. The molecule has 332 valence electrons. The second-order valence-corrected chi connectivity index (χ2v) is 18.8. The summed E-state index contributed by atoms with van der Waals surface area (Å²) in [6.45, 7) is 0. The Hall–Kier alpha value is -9.24. The maximum atomic E-state index is 2.51. The molecule has 2 aliphatic rings. The molecule has 1 unspecified atom stereocenters. The number of hydrogen-bond donors (Lipinski definition) is 0. The van der Waals surface area contributed by atoms with Gasteiger partial charge in [-0.25, -0.2) is 0 Å². The molecule has 0 N–H and O–H groups in total. The molecule has 0 radical (unpaired) electrons. The van der Waals surface area contributed by atoms with E-state index in [0.717, 1.165) is 34.1 Å². The van der Waals surface area contributed by atoms with Crippen molar-refractivity contribution in [2.75, 3.05) is 9.80 Å². The van der Waals surface area contributed by atoms with E-state index in [9.17, 15) is 0 Å². The number of anilines is 6. The lowest BCUT2D eigenvalue weighted by Gasteiger charge is -2.34. The molecule has 2 heteroatoms. The van der Waals surface area contributed by atoms with Crippen molar-refractivity contribution in [2.45, 2.75) is 5.41 Å². The highest BCUT2D eigenvalue weighted by molar-refractivity contribution is 6.06. The van der Waals surface area contributed by atoms with E-state index in [1.54, 1.807) is 0 Å². The smallest absolute Gasteiger partial charge is 0.0727 e. The summed E-state index contributed by atoms with van der Waals surface area (Å²) >= 11 is 0. The van der Waals surface area contributed by atoms with Gasteiger partial charge in [0.25, 0.3) is 0 Å². The van der Waals surface area contributed by atoms with E-state index in [1.807, 2.05) is 0 Å². The molecule has 1 atom stereocenters. The van der Waals surface area contributed by atoms with Crippen LogP contribution in [-0.4, -0.2) is 0 Å². The summed E-state index contributed by atoms with van der Waals surface area (Å²) in [4.78, 5) is 4.91. The molecule has 0 aromatic heterocycles. The van der Waals surface area contributed by atoms with Gasteiger partial charge in [0.15, 0.2) is 0 Å². The molecule has 14 rings (SSSR count). The van der Waals surface area contributed by atoms with Crippen LogP contribution in [0.1, 0.15) is 22.3 Å². The van der Waals surface area contributed by atoms with Crippen LogP contribution in [0.2, 0.25) is 0 Å². The van der Waals surface area contributed by atoms with Gasteiger partial charge in [0, 0.05) is 34.0 Å². The summed E-state index contributed by atoms with van der Waals surface area (Å²) in [7, 11) is 0. The van der Waals surface area contributed by atoms with Gasteiger partial charge >= 0.3 is 0 Å². The molecule has 2 aliphatic carbocycles. The fourth-order valence-corrected chi connectivity index (χ4v) is 11.9. The molecule has 0 saturated heterocycles. The largest absolute Gasteiger partial charge is 0.310 e. The van der Waals surface area contributed by atoms with Gasteiger partial charge in [-0.2, -0.15) is 0 Å². The summed E-state index contributed by atoms with van der Waals surface area (Å²) in [5.74, 6) is 0. The molecule has 0 heterocycles. The van der Waals surface area contributed by atoms with Gasteiger partial charge < -0.3 is 9.80 Å². The molecular formula is C69H46N2. The van der Waals surface area contributed by atoms with Crippen LogP contribution in [0.4, 0.5) is 34.1 Å². The summed E-state index contributed by atoms with van der Waals surface area (Å²) < 4.78 is 0. The lowest BCUT2D eigenvalue weighted by molar-refractivity contribution is 0.793. The van der Waals surface area contributed by atoms with Crippen LogP contribution >= 0.6 is 0 Å². The quantitative estimate of drug-likeness (QED) is 0.150. The minimum Gasteiger partial charge on any atom is -0.310 e. The highest BCUT2D eigenvalue weighted by Crippen LogP contribution is 2.64.